The number of hydrogen-bond donors (Lipinski definition) is 1. The van der Waals surface area contributed by atoms with E-state index in [4.69, 9.17) is 5.11 Å². The number of rotatable bonds is 6. The van der Waals surface area contributed by atoms with Crippen LogP contribution in [0.2, 0.25) is 0 Å². The number of para-hydroxylation sites is 1. The predicted octanol–water partition coefficient (Wildman–Crippen LogP) is 1.96. The molecule has 0 aliphatic carbocycles. The Balaban J connectivity index is 2.12. The molecular formula is C14H15N3O2. The molecule has 0 atom stereocenters. The number of carboxylic acid groups (broad SMARTS) is 1. The second kappa shape index (κ2) is 6.49. The number of hydrogen-bond acceptors (Lipinski definition) is 4. The normalized spacial score (nSPS) is 10.1. The topological polar surface area (TPSA) is 66.3 Å². The standard InChI is InChI=1S/C14H15N3O2/c18-14(19)7-10-17(12-5-2-1-3-6-12)11-13-15-8-4-9-16-13/h1-6,8-9H,7,10-11H2,(H,18,19). The highest BCUT2D eigenvalue weighted by Crippen LogP contribution is 2.15. The van der Waals surface area contributed by atoms with Gasteiger partial charge in [-0.1, -0.05) is 18.2 Å². The van der Waals surface area contributed by atoms with Gasteiger partial charge in [-0.3, -0.25) is 4.79 Å². The van der Waals surface area contributed by atoms with Crippen LogP contribution in [0.15, 0.2) is 48.8 Å². The largest absolute Gasteiger partial charge is 0.481 e. The number of anilines is 1. The van der Waals surface area contributed by atoms with Gasteiger partial charge in [0, 0.05) is 24.6 Å². The Morgan fingerprint density at radius 3 is 2.42 bits per heavy atom. The zero-order chi connectivity index (χ0) is 13.5. The lowest BCUT2D eigenvalue weighted by atomic mass is 10.2. The number of carbonyl (C=O) groups is 1. The van der Waals surface area contributed by atoms with Crippen molar-refractivity contribution in [1.29, 1.82) is 0 Å². The molecule has 98 valence electrons. The minimum Gasteiger partial charge on any atom is -0.481 e. The van der Waals surface area contributed by atoms with Crippen molar-refractivity contribution in [2.45, 2.75) is 13.0 Å². The molecule has 0 aliphatic rings. The van der Waals surface area contributed by atoms with Crippen LogP contribution < -0.4 is 4.90 Å². The van der Waals surface area contributed by atoms with E-state index in [1.807, 2.05) is 35.2 Å². The fraction of sp³-hybridized carbons (Fsp3) is 0.214. The second-order valence-electron chi connectivity index (χ2n) is 4.07. The van der Waals surface area contributed by atoms with Crippen LogP contribution in [0.1, 0.15) is 12.2 Å². The third-order valence-electron chi connectivity index (χ3n) is 2.67. The van der Waals surface area contributed by atoms with Crippen LogP contribution in [-0.4, -0.2) is 27.6 Å². The highest BCUT2D eigenvalue weighted by atomic mass is 16.4. The molecule has 0 spiro atoms. The number of nitrogens with zero attached hydrogens (tertiary/aromatic N) is 3. The molecular weight excluding hydrogens is 242 g/mol. The molecule has 5 heteroatoms. The van der Waals surface area contributed by atoms with E-state index in [2.05, 4.69) is 9.97 Å². The van der Waals surface area contributed by atoms with Gasteiger partial charge in [0.1, 0.15) is 5.82 Å². The third-order valence-corrected chi connectivity index (χ3v) is 2.67. The maximum atomic E-state index is 10.7. The fourth-order valence-corrected chi connectivity index (χ4v) is 1.75. The molecule has 19 heavy (non-hydrogen) atoms. The van der Waals surface area contributed by atoms with Gasteiger partial charge in [0.25, 0.3) is 0 Å². The quantitative estimate of drug-likeness (QED) is 0.856. The lowest BCUT2D eigenvalue weighted by molar-refractivity contribution is -0.136. The summed E-state index contributed by atoms with van der Waals surface area (Å²) in [4.78, 5) is 21.0. The van der Waals surface area contributed by atoms with Gasteiger partial charge in [-0.2, -0.15) is 0 Å². The Morgan fingerprint density at radius 2 is 1.79 bits per heavy atom. The van der Waals surface area contributed by atoms with E-state index >= 15 is 0 Å². The smallest absolute Gasteiger partial charge is 0.305 e. The van der Waals surface area contributed by atoms with Gasteiger partial charge < -0.3 is 10.0 Å². The molecule has 1 heterocycles. The molecule has 0 aliphatic heterocycles. The summed E-state index contributed by atoms with van der Waals surface area (Å²) in [7, 11) is 0. The lowest BCUT2D eigenvalue weighted by Crippen LogP contribution is -2.26. The Labute approximate surface area is 111 Å². The van der Waals surface area contributed by atoms with Gasteiger partial charge in [-0.15, -0.1) is 0 Å². The first kappa shape index (κ1) is 13.0. The van der Waals surface area contributed by atoms with Gasteiger partial charge in [-0.05, 0) is 18.2 Å². The SMILES string of the molecule is O=C(O)CCN(Cc1ncccn1)c1ccccc1. The zero-order valence-electron chi connectivity index (χ0n) is 10.4. The molecule has 0 radical (unpaired) electrons. The summed E-state index contributed by atoms with van der Waals surface area (Å²) in [6.45, 7) is 0.926. The minimum atomic E-state index is -0.810. The Morgan fingerprint density at radius 1 is 1.11 bits per heavy atom. The molecule has 1 aromatic heterocycles. The molecule has 5 nitrogen and oxygen atoms in total. The molecule has 0 unspecified atom stereocenters. The van der Waals surface area contributed by atoms with Gasteiger partial charge in [0.2, 0.25) is 0 Å². The first-order chi connectivity index (χ1) is 9.25. The second-order valence-corrected chi connectivity index (χ2v) is 4.07. The summed E-state index contributed by atoms with van der Waals surface area (Å²) in [6, 6.07) is 11.4. The van der Waals surface area contributed by atoms with E-state index < -0.39 is 5.97 Å². The van der Waals surface area contributed by atoms with E-state index in [1.165, 1.54) is 0 Å². The number of benzene rings is 1. The van der Waals surface area contributed by atoms with E-state index in [-0.39, 0.29) is 6.42 Å². The van der Waals surface area contributed by atoms with Crippen LogP contribution in [0.5, 0.6) is 0 Å². The number of carboxylic acids is 1. The molecule has 2 rings (SSSR count). The third kappa shape index (κ3) is 4.06. The van der Waals surface area contributed by atoms with Gasteiger partial charge in [-0.25, -0.2) is 9.97 Å². The van der Waals surface area contributed by atoms with Crippen molar-refractivity contribution in [1.82, 2.24) is 9.97 Å². The monoisotopic (exact) mass is 257 g/mol. The number of aliphatic carboxylic acids is 1. The molecule has 0 saturated carbocycles. The van der Waals surface area contributed by atoms with Crippen LogP contribution in [-0.2, 0) is 11.3 Å². The summed E-state index contributed by atoms with van der Waals surface area (Å²) in [5, 5.41) is 8.82. The predicted molar refractivity (Wildman–Crippen MR) is 71.8 cm³/mol. The van der Waals surface area contributed by atoms with Crippen molar-refractivity contribution in [2.75, 3.05) is 11.4 Å². The van der Waals surface area contributed by atoms with E-state index in [0.29, 0.717) is 18.9 Å². The molecule has 0 bridgehead atoms. The first-order valence-corrected chi connectivity index (χ1v) is 6.03. The maximum absolute atomic E-state index is 10.7. The van der Waals surface area contributed by atoms with Crippen molar-refractivity contribution < 1.29 is 9.90 Å². The van der Waals surface area contributed by atoms with E-state index in [1.54, 1.807) is 18.5 Å². The summed E-state index contributed by atoms with van der Waals surface area (Å²) in [5.41, 5.74) is 0.969. The molecule has 2 aromatic rings. The molecule has 0 amide bonds. The van der Waals surface area contributed by atoms with Crippen LogP contribution in [0.3, 0.4) is 0 Å². The molecule has 1 N–H and O–H groups in total. The van der Waals surface area contributed by atoms with Crippen molar-refractivity contribution in [3.63, 3.8) is 0 Å². The van der Waals surface area contributed by atoms with E-state index in [9.17, 15) is 4.79 Å². The summed E-state index contributed by atoms with van der Waals surface area (Å²) >= 11 is 0. The molecule has 1 aromatic carbocycles. The van der Waals surface area contributed by atoms with Crippen LogP contribution >= 0.6 is 0 Å². The van der Waals surface area contributed by atoms with Crippen LogP contribution in [0, 0.1) is 0 Å². The van der Waals surface area contributed by atoms with Gasteiger partial charge in [0.05, 0.1) is 13.0 Å². The van der Waals surface area contributed by atoms with Gasteiger partial charge in [0.15, 0.2) is 0 Å². The fourth-order valence-electron chi connectivity index (χ4n) is 1.75. The van der Waals surface area contributed by atoms with Crippen LogP contribution in [0.4, 0.5) is 5.69 Å². The summed E-state index contributed by atoms with van der Waals surface area (Å²) in [5.74, 6) is -0.133. The summed E-state index contributed by atoms with van der Waals surface area (Å²) in [6.07, 6.45) is 3.45. The van der Waals surface area contributed by atoms with Crippen molar-refractivity contribution in [3.05, 3.63) is 54.6 Å². The zero-order valence-corrected chi connectivity index (χ0v) is 10.4. The summed E-state index contributed by atoms with van der Waals surface area (Å²) < 4.78 is 0. The Bertz CT molecular complexity index is 517. The number of aromatic nitrogens is 2. The van der Waals surface area contributed by atoms with Crippen molar-refractivity contribution >= 4 is 11.7 Å². The van der Waals surface area contributed by atoms with Crippen molar-refractivity contribution in [3.8, 4) is 0 Å². The average molecular weight is 257 g/mol. The van der Waals surface area contributed by atoms with Crippen LogP contribution in [0.25, 0.3) is 0 Å². The Hall–Kier alpha value is -2.43. The van der Waals surface area contributed by atoms with Crippen molar-refractivity contribution in [2.24, 2.45) is 0 Å². The lowest BCUT2D eigenvalue weighted by Gasteiger charge is -2.23. The molecule has 0 saturated heterocycles. The first-order valence-electron chi connectivity index (χ1n) is 6.03. The maximum Gasteiger partial charge on any atom is 0.305 e. The minimum absolute atomic E-state index is 0.0850. The average Bonchev–Trinajstić information content (AvgIpc) is 2.45. The Kier molecular flexibility index (Phi) is 4.44. The van der Waals surface area contributed by atoms with Gasteiger partial charge >= 0.3 is 5.97 Å². The highest BCUT2D eigenvalue weighted by Gasteiger charge is 2.10. The van der Waals surface area contributed by atoms with E-state index in [0.717, 1.165) is 5.69 Å². The molecule has 0 fully saturated rings. The highest BCUT2D eigenvalue weighted by molar-refractivity contribution is 5.67.